The quantitative estimate of drug-likeness (QED) is 0.738. The Labute approximate surface area is 87.2 Å². The summed E-state index contributed by atoms with van der Waals surface area (Å²) in [6, 6.07) is 7.73. The van der Waals surface area contributed by atoms with E-state index < -0.39 is 0 Å². The van der Waals surface area contributed by atoms with E-state index >= 15 is 0 Å². The molecule has 72 valence electrons. The highest BCUT2D eigenvalue weighted by molar-refractivity contribution is 7.07. The number of benzene rings is 1. The minimum absolute atomic E-state index is 0.768. The van der Waals surface area contributed by atoms with Gasteiger partial charge in [0.05, 0.1) is 0 Å². The number of rotatable bonds is 2. The van der Waals surface area contributed by atoms with Crippen LogP contribution < -0.4 is 11.5 Å². The molecule has 2 nitrogen and oxygen atoms in total. The van der Waals surface area contributed by atoms with Crippen molar-refractivity contribution >= 4 is 22.7 Å². The molecule has 2 rings (SSSR count). The summed E-state index contributed by atoms with van der Waals surface area (Å²) in [6.07, 6.45) is 0.861. The lowest BCUT2D eigenvalue weighted by Gasteiger charge is -2.05. The van der Waals surface area contributed by atoms with Gasteiger partial charge in [0.15, 0.2) is 0 Å². The lowest BCUT2D eigenvalue weighted by Crippen LogP contribution is -1.96. The Kier molecular flexibility index (Phi) is 2.41. The summed E-state index contributed by atoms with van der Waals surface area (Å²) in [5.41, 5.74) is 15.5. The first-order valence-corrected chi connectivity index (χ1v) is 5.35. The molecule has 1 aromatic heterocycles. The van der Waals surface area contributed by atoms with Crippen molar-refractivity contribution < 1.29 is 0 Å². The number of hydrogen-bond acceptors (Lipinski definition) is 3. The summed E-state index contributed by atoms with van der Waals surface area (Å²) in [6.45, 7) is 0. The number of nitrogens with two attached hydrogens (primary N) is 2. The van der Waals surface area contributed by atoms with E-state index in [-0.39, 0.29) is 0 Å². The Morgan fingerprint density at radius 2 is 2.00 bits per heavy atom. The Bertz CT molecular complexity index is 421. The fraction of sp³-hybridized carbons (Fsp3) is 0.0909. The predicted octanol–water partition coefficient (Wildman–Crippen LogP) is 2.50. The van der Waals surface area contributed by atoms with Crippen LogP contribution >= 0.6 is 11.3 Å². The molecule has 0 radical (unpaired) electrons. The van der Waals surface area contributed by atoms with Crippen LogP contribution in [0.1, 0.15) is 11.1 Å². The van der Waals surface area contributed by atoms with Gasteiger partial charge < -0.3 is 11.5 Å². The molecular weight excluding hydrogens is 192 g/mol. The van der Waals surface area contributed by atoms with Crippen molar-refractivity contribution in [2.75, 3.05) is 11.5 Å². The van der Waals surface area contributed by atoms with Crippen LogP contribution in [0.15, 0.2) is 35.0 Å². The molecule has 0 aliphatic rings. The molecule has 0 spiro atoms. The maximum Gasteiger partial charge on any atom is 0.0351 e. The minimum atomic E-state index is 0.768. The number of anilines is 2. The summed E-state index contributed by atoms with van der Waals surface area (Å²) < 4.78 is 0. The maximum absolute atomic E-state index is 5.85. The topological polar surface area (TPSA) is 52.0 Å². The van der Waals surface area contributed by atoms with Crippen molar-refractivity contribution in [3.63, 3.8) is 0 Å². The zero-order valence-electron chi connectivity index (χ0n) is 7.73. The average Bonchev–Trinajstić information content (AvgIpc) is 2.64. The standard InChI is InChI=1S/C11H12N2S/c12-10-1-2-11(13)9(6-10)5-8-3-4-14-7-8/h1-4,6-7H,5,12-13H2. The highest BCUT2D eigenvalue weighted by atomic mass is 32.1. The zero-order chi connectivity index (χ0) is 9.97. The van der Waals surface area contributed by atoms with Crippen LogP contribution in [-0.4, -0.2) is 0 Å². The van der Waals surface area contributed by atoms with Crippen LogP contribution in [0.4, 0.5) is 11.4 Å². The van der Waals surface area contributed by atoms with E-state index in [9.17, 15) is 0 Å². The molecule has 0 aliphatic heterocycles. The van der Waals surface area contributed by atoms with Crippen LogP contribution in [0.3, 0.4) is 0 Å². The average molecular weight is 204 g/mol. The first-order valence-electron chi connectivity index (χ1n) is 4.40. The fourth-order valence-electron chi connectivity index (χ4n) is 1.39. The van der Waals surface area contributed by atoms with Gasteiger partial charge in [-0.05, 0) is 46.2 Å². The van der Waals surface area contributed by atoms with Crippen molar-refractivity contribution in [1.82, 2.24) is 0 Å². The van der Waals surface area contributed by atoms with Gasteiger partial charge in [-0.15, -0.1) is 0 Å². The van der Waals surface area contributed by atoms with E-state index in [0.717, 1.165) is 23.4 Å². The third-order valence-electron chi connectivity index (χ3n) is 2.14. The molecule has 14 heavy (non-hydrogen) atoms. The molecule has 0 saturated carbocycles. The van der Waals surface area contributed by atoms with E-state index in [1.54, 1.807) is 11.3 Å². The lowest BCUT2D eigenvalue weighted by molar-refractivity contribution is 1.22. The molecule has 0 saturated heterocycles. The van der Waals surface area contributed by atoms with Crippen LogP contribution in [0.2, 0.25) is 0 Å². The molecule has 2 aromatic rings. The second kappa shape index (κ2) is 3.72. The normalized spacial score (nSPS) is 10.3. The van der Waals surface area contributed by atoms with Crippen molar-refractivity contribution in [3.05, 3.63) is 46.2 Å². The fourth-order valence-corrected chi connectivity index (χ4v) is 2.06. The van der Waals surface area contributed by atoms with Crippen molar-refractivity contribution in [2.24, 2.45) is 0 Å². The Balaban J connectivity index is 2.28. The van der Waals surface area contributed by atoms with Gasteiger partial charge in [-0.2, -0.15) is 11.3 Å². The second-order valence-corrected chi connectivity index (χ2v) is 4.05. The minimum Gasteiger partial charge on any atom is -0.399 e. The summed E-state index contributed by atoms with van der Waals surface area (Å²) in [7, 11) is 0. The predicted molar refractivity (Wildman–Crippen MR) is 62.4 cm³/mol. The molecule has 4 N–H and O–H groups in total. The van der Waals surface area contributed by atoms with E-state index in [1.807, 2.05) is 18.2 Å². The van der Waals surface area contributed by atoms with Gasteiger partial charge in [-0.1, -0.05) is 0 Å². The number of hydrogen-bond donors (Lipinski definition) is 2. The Hall–Kier alpha value is -1.48. The summed E-state index contributed by atoms with van der Waals surface area (Å²) in [5, 5.41) is 4.19. The van der Waals surface area contributed by atoms with Crippen LogP contribution in [0.5, 0.6) is 0 Å². The third-order valence-corrected chi connectivity index (χ3v) is 2.87. The van der Waals surface area contributed by atoms with Gasteiger partial charge in [0.25, 0.3) is 0 Å². The second-order valence-electron chi connectivity index (χ2n) is 3.27. The molecule has 0 atom stereocenters. The van der Waals surface area contributed by atoms with Gasteiger partial charge >= 0.3 is 0 Å². The van der Waals surface area contributed by atoms with Crippen LogP contribution in [0, 0.1) is 0 Å². The van der Waals surface area contributed by atoms with Gasteiger partial charge in [0.1, 0.15) is 0 Å². The molecule has 0 bridgehead atoms. The highest BCUT2D eigenvalue weighted by Gasteiger charge is 2.01. The first kappa shape index (κ1) is 9.09. The van der Waals surface area contributed by atoms with Gasteiger partial charge in [0, 0.05) is 17.8 Å². The summed E-state index contributed by atoms with van der Waals surface area (Å²) in [4.78, 5) is 0. The van der Waals surface area contributed by atoms with Crippen molar-refractivity contribution in [1.29, 1.82) is 0 Å². The maximum atomic E-state index is 5.85. The van der Waals surface area contributed by atoms with Gasteiger partial charge in [-0.25, -0.2) is 0 Å². The molecule has 3 heteroatoms. The van der Waals surface area contributed by atoms with E-state index in [2.05, 4.69) is 16.8 Å². The zero-order valence-corrected chi connectivity index (χ0v) is 8.55. The molecule has 1 heterocycles. The number of nitrogen functional groups attached to an aromatic ring is 2. The Morgan fingerprint density at radius 1 is 1.14 bits per heavy atom. The van der Waals surface area contributed by atoms with Crippen LogP contribution in [0.25, 0.3) is 0 Å². The van der Waals surface area contributed by atoms with E-state index in [1.165, 1.54) is 5.56 Å². The van der Waals surface area contributed by atoms with E-state index in [4.69, 9.17) is 11.5 Å². The smallest absolute Gasteiger partial charge is 0.0351 e. The molecule has 0 unspecified atom stereocenters. The largest absolute Gasteiger partial charge is 0.399 e. The Morgan fingerprint density at radius 3 is 2.71 bits per heavy atom. The molecular formula is C11H12N2S. The number of thiophene rings is 1. The molecule has 0 fully saturated rings. The van der Waals surface area contributed by atoms with Gasteiger partial charge in [0.2, 0.25) is 0 Å². The lowest BCUT2D eigenvalue weighted by atomic mass is 10.1. The first-order chi connectivity index (χ1) is 6.75. The SMILES string of the molecule is Nc1ccc(N)c(Cc2ccsc2)c1. The molecule has 0 amide bonds. The van der Waals surface area contributed by atoms with Crippen molar-refractivity contribution in [3.8, 4) is 0 Å². The summed E-state index contributed by atoms with van der Waals surface area (Å²) >= 11 is 1.70. The third kappa shape index (κ3) is 1.88. The monoisotopic (exact) mass is 204 g/mol. The summed E-state index contributed by atoms with van der Waals surface area (Å²) in [5.74, 6) is 0. The van der Waals surface area contributed by atoms with E-state index in [0.29, 0.717) is 0 Å². The highest BCUT2D eigenvalue weighted by Crippen LogP contribution is 2.20. The van der Waals surface area contributed by atoms with Crippen molar-refractivity contribution in [2.45, 2.75) is 6.42 Å². The van der Waals surface area contributed by atoms with Gasteiger partial charge in [-0.3, -0.25) is 0 Å². The molecule has 1 aromatic carbocycles. The van der Waals surface area contributed by atoms with Crippen LogP contribution in [-0.2, 0) is 6.42 Å². The molecule has 0 aliphatic carbocycles.